The van der Waals surface area contributed by atoms with Gasteiger partial charge in [0.25, 0.3) is 0 Å². The van der Waals surface area contributed by atoms with Crippen molar-refractivity contribution in [2.24, 2.45) is 0 Å². The first-order valence-electron chi connectivity index (χ1n) is 4.74. The Morgan fingerprint density at radius 2 is 2.00 bits per heavy atom. The molecule has 1 aromatic carbocycles. The van der Waals surface area contributed by atoms with Crippen LogP contribution in [-0.2, 0) is 0 Å². The molecular weight excluding hydrogens is 210 g/mol. The third kappa shape index (κ3) is 1.65. The van der Waals surface area contributed by atoms with Crippen LogP contribution < -0.4 is 4.74 Å². The molecule has 0 saturated heterocycles. The molecule has 0 unspecified atom stereocenters. The van der Waals surface area contributed by atoms with E-state index >= 15 is 0 Å². The lowest BCUT2D eigenvalue weighted by atomic mass is 10.1. The minimum absolute atomic E-state index is 0.761. The summed E-state index contributed by atoms with van der Waals surface area (Å²) in [7, 11) is 1.64. The molecular formula is C12H12ClNO. The normalized spacial score (nSPS) is 10.7. The number of aryl methyl sites for hydroxylation is 1. The number of nitrogens with zero attached hydrogens (tertiary/aromatic N) is 1. The first-order valence-corrected chi connectivity index (χ1v) is 5.11. The van der Waals surface area contributed by atoms with Crippen LogP contribution in [0.4, 0.5) is 0 Å². The average Bonchev–Trinajstić information content (AvgIpc) is 2.26. The molecule has 0 atom stereocenters. The third-order valence-electron chi connectivity index (χ3n) is 2.60. The minimum atomic E-state index is 0.761. The maximum absolute atomic E-state index is 6.26. The largest absolute Gasteiger partial charge is 0.497 e. The number of rotatable bonds is 1. The molecule has 0 saturated carbocycles. The molecule has 2 nitrogen and oxygen atoms in total. The van der Waals surface area contributed by atoms with Crippen molar-refractivity contribution < 1.29 is 4.74 Å². The fourth-order valence-electron chi connectivity index (χ4n) is 1.54. The van der Waals surface area contributed by atoms with Gasteiger partial charge in [0, 0.05) is 11.1 Å². The van der Waals surface area contributed by atoms with E-state index in [-0.39, 0.29) is 0 Å². The van der Waals surface area contributed by atoms with Gasteiger partial charge in [0.1, 0.15) is 5.75 Å². The molecule has 0 fully saturated rings. The van der Waals surface area contributed by atoms with Crippen LogP contribution in [0.2, 0.25) is 5.02 Å². The lowest BCUT2D eigenvalue weighted by molar-refractivity contribution is 0.415. The highest BCUT2D eigenvalue weighted by atomic mass is 35.5. The van der Waals surface area contributed by atoms with Gasteiger partial charge < -0.3 is 4.74 Å². The Labute approximate surface area is 93.8 Å². The molecule has 0 radical (unpaired) electrons. The topological polar surface area (TPSA) is 22.1 Å². The number of halogens is 1. The highest BCUT2D eigenvalue weighted by Gasteiger charge is 2.07. The van der Waals surface area contributed by atoms with Gasteiger partial charge in [-0.3, -0.25) is 4.98 Å². The van der Waals surface area contributed by atoms with Crippen molar-refractivity contribution in [3.8, 4) is 5.75 Å². The number of fused-ring (bicyclic) bond motifs is 1. The highest BCUT2D eigenvalue weighted by molar-refractivity contribution is 6.36. The fraction of sp³-hybridized carbons (Fsp3) is 0.250. The van der Waals surface area contributed by atoms with Crippen molar-refractivity contribution in [1.82, 2.24) is 4.98 Å². The summed E-state index contributed by atoms with van der Waals surface area (Å²) in [5.74, 6) is 0.800. The van der Waals surface area contributed by atoms with Crippen LogP contribution in [0.5, 0.6) is 5.75 Å². The van der Waals surface area contributed by atoms with Crippen molar-refractivity contribution in [3.05, 3.63) is 34.5 Å². The van der Waals surface area contributed by atoms with E-state index in [1.165, 1.54) is 0 Å². The molecule has 3 heteroatoms. The van der Waals surface area contributed by atoms with Crippen LogP contribution in [0.25, 0.3) is 10.9 Å². The van der Waals surface area contributed by atoms with E-state index in [1.54, 1.807) is 7.11 Å². The average molecular weight is 222 g/mol. The molecule has 1 heterocycles. The number of ether oxygens (including phenoxy) is 1. The Balaban J connectivity index is 2.81. The zero-order valence-corrected chi connectivity index (χ0v) is 9.72. The smallest absolute Gasteiger partial charge is 0.119 e. The molecule has 2 rings (SSSR count). The predicted octanol–water partition coefficient (Wildman–Crippen LogP) is 3.51. The summed E-state index contributed by atoms with van der Waals surface area (Å²) < 4.78 is 5.16. The summed E-state index contributed by atoms with van der Waals surface area (Å²) in [5, 5.41) is 1.70. The predicted molar refractivity (Wildman–Crippen MR) is 62.8 cm³/mol. The monoisotopic (exact) mass is 221 g/mol. The maximum atomic E-state index is 6.26. The van der Waals surface area contributed by atoms with Crippen LogP contribution in [0, 0.1) is 13.8 Å². The van der Waals surface area contributed by atoms with Crippen LogP contribution in [0.3, 0.4) is 0 Å². The summed E-state index contributed by atoms with van der Waals surface area (Å²) in [6.45, 7) is 3.94. The van der Waals surface area contributed by atoms with Crippen molar-refractivity contribution in [1.29, 1.82) is 0 Å². The first-order chi connectivity index (χ1) is 7.13. The Morgan fingerprint density at radius 3 is 2.67 bits per heavy atom. The summed E-state index contributed by atoms with van der Waals surface area (Å²) in [6, 6.07) is 5.73. The lowest BCUT2D eigenvalue weighted by Gasteiger charge is -2.08. The van der Waals surface area contributed by atoms with E-state index in [9.17, 15) is 0 Å². The van der Waals surface area contributed by atoms with Gasteiger partial charge in [-0.25, -0.2) is 0 Å². The molecule has 2 aromatic rings. The third-order valence-corrected chi connectivity index (χ3v) is 3.09. The molecule has 0 amide bonds. The second-order valence-electron chi connectivity index (χ2n) is 3.52. The maximum Gasteiger partial charge on any atom is 0.119 e. The molecule has 1 aromatic heterocycles. The molecule has 0 N–H and O–H groups in total. The molecule has 0 spiro atoms. The highest BCUT2D eigenvalue weighted by Crippen LogP contribution is 2.29. The van der Waals surface area contributed by atoms with Crippen LogP contribution in [0.1, 0.15) is 11.3 Å². The standard InChI is InChI=1S/C12H12ClNO/c1-7-8(2)14-11-5-4-9(15-3)6-10(11)12(7)13/h4-6H,1-3H3. The number of pyridine rings is 1. The van der Waals surface area contributed by atoms with E-state index < -0.39 is 0 Å². The Hall–Kier alpha value is -1.28. The second-order valence-corrected chi connectivity index (χ2v) is 3.90. The Kier molecular flexibility index (Phi) is 2.53. The zero-order chi connectivity index (χ0) is 11.0. The molecule has 0 bridgehead atoms. The fourth-order valence-corrected chi connectivity index (χ4v) is 1.83. The van der Waals surface area contributed by atoms with Crippen molar-refractivity contribution in [2.45, 2.75) is 13.8 Å². The van der Waals surface area contributed by atoms with E-state index in [4.69, 9.17) is 16.3 Å². The van der Waals surface area contributed by atoms with Crippen LogP contribution in [-0.4, -0.2) is 12.1 Å². The quantitative estimate of drug-likeness (QED) is 0.735. The lowest BCUT2D eigenvalue weighted by Crippen LogP contribution is -1.91. The number of hydrogen-bond acceptors (Lipinski definition) is 2. The van der Waals surface area contributed by atoms with Crippen molar-refractivity contribution >= 4 is 22.5 Å². The van der Waals surface area contributed by atoms with Crippen LogP contribution in [0.15, 0.2) is 18.2 Å². The van der Waals surface area contributed by atoms with Gasteiger partial charge in [-0.05, 0) is 37.6 Å². The molecule has 0 aliphatic heterocycles. The second kappa shape index (κ2) is 3.70. The van der Waals surface area contributed by atoms with E-state index in [1.807, 2.05) is 32.0 Å². The summed E-state index contributed by atoms with van der Waals surface area (Å²) in [6.07, 6.45) is 0. The SMILES string of the molecule is COc1ccc2nc(C)c(C)c(Cl)c2c1. The Morgan fingerprint density at radius 1 is 1.27 bits per heavy atom. The molecule has 15 heavy (non-hydrogen) atoms. The summed E-state index contributed by atoms with van der Waals surface area (Å²) in [4.78, 5) is 4.47. The molecule has 0 aliphatic rings. The molecule has 0 aliphatic carbocycles. The van der Waals surface area contributed by atoms with E-state index in [0.29, 0.717) is 0 Å². The first kappa shape index (κ1) is 10.2. The summed E-state index contributed by atoms with van der Waals surface area (Å²) >= 11 is 6.26. The summed E-state index contributed by atoms with van der Waals surface area (Å²) in [5.41, 5.74) is 2.90. The number of benzene rings is 1. The van der Waals surface area contributed by atoms with Gasteiger partial charge in [-0.1, -0.05) is 11.6 Å². The number of aromatic nitrogens is 1. The van der Waals surface area contributed by atoms with Gasteiger partial charge in [0.05, 0.1) is 17.6 Å². The zero-order valence-electron chi connectivity index (χ0n) is 8.97. The van der Waals surface area contributed by atoms with Crippen molar-refractivity contribution in [2.75, 3.05) is 7.11 Å². The van der Waals surface area contributed by atoms with Gasteiger partial charge in [-0.15, -0.1) is 0 Å². The van der Waals surface area contributed by atoms with E-state index in [0.717, 1.165) is 32.9 Å². The minimum Gasteiger partial charge on any atom is -0.497 e. The van der Waals surface area contributed by atoms with Crippen LogP contribution >= 0.6 is 11.6 Å². The van der Waals surface area contributed by atoms with Gasteiger partial charge in [0.2, 0.25) is 0 Å². The van der Waals surface area contributed by atoms with Gasteiger partial charge >= 0.3 is 0 Å². The Bertz CT molecular complexity index is 523. The number of methoxy groups -OCH3 is 1. The van der Waals surface area contributed by atoms with Gasteiger partial charge in [0.15, 0.2) is 0 Å². The van der Waals surface area contributed by atoms with Gasteiger partial charge in [-0.2, -0.15) is 0 Å². The molecule has 78 valence electrons. The van der Waals surface area contributed by atoms with E-state index in [2.05, 4.69) is 4.98 Å². The number of hydrogen-bond donors (Lipinski definition) is 0. The van der Waals surface area contributed by atoms with Crippen molar-refractivity contribution in [3.63, 3.8) is 0 Å².